The molecular weight excluding hydrogens is 316 g/mol. The van der Waals surface area contributed by atoms with Crippen LogP contribution in [-0.2, 0) is 12.8 Å². The number of hydrogen-bond acceptors (Lipinski definition) is 2. The van der Waals surface area contributed by atoms with Crippen LogP contribution in [0.5, 0.6) is 0 Å². The summed E-state index contributed by atoms with van der Waals surface area (Å²) in [4.78, 5) is 16.2. The number of hydrogen-bond donors (Lipinski definition) is 2. The van der Waals surface area contributed by atoms with Gasteiger partial charge in [-0.05, 0) is 36.8 Å². The summed E-state index contributed by atoms with van der Waals surface area (Å²) in [5.41, 5.74) is 2.65. The molecule has 24 heavy (non-hydrogen) atoms. The van der Waals surface area contributed by atoms with E-state index in [2.05, 4.69) is 56.7 Å². The summed E-state index contributed by atoms with van der Waals surface area (Å²) in [6.07, 6.45) is 3.49. The number of nitrogens with one attached hydrogen (secondary N) is 2. The predicted octanol–water partition coefficient (Wildman–Crippen LogP) is 2.49. The maximum atomic E-state index is 12.6. The van der Waals surface area contributed by atoms with E-state index in [1.165, 1.54) is 27.3 Å². The Morgan fingerprint density at radius 3 is 2.79 bits per heavy atom. The van der Waals surface area contributed by atoms with Crippen molar-refractivity contribution in [2.45, 2.75) is 32.2 Å². The first kappa shape index (κ1) is 17.2. The Bertz CT molecular complexity index is 693. The zero-order chi connectivity index (χ0) is 17.1. The number of likely N-dealkylation sites (N-methyl/N-ethyl adjacent to an activating group) is 1. The second-order valence-corrected chi connectivity index (χ2v) is 8.29. The first-order chi connectivity index (χ1) is 11.5. The molecule has 3 rings (SSSR count). The van der Waals surface area contributed by atoms with Crippen LogP contribution in [0.3, 0.4) is 0 Å². The highest BCUT2D eigenvalue weighted by atomic mass is 32.1. The van der Waals surface area contributed by atoms with Gasteiger partial charge in [0.05, 0.1) is 25.5 Å². The number of rotatable bonds is 5. The van der Waals surface area contributed by atoms with Crippen LogP contribution in [0.4, 0.5) is 0 Å². The van der Waals surface area contributed by atoms with E-state index in [1.54, 1.807) is 11.3 Å². The van der Waals surface area contributed by atoms with Gasteiger partial charge in [0.1, 0.15) is 6.04 Å². The number of carbonyl (C=O) groups is 1. The highest BCUT2D eigenvalue weighted by Crippen LogP contribution is 2.32. The highest BCUT2D eigenvalue weighted by molar-refractivity contribution is 7.14. The second kappa shape index (κ2) is 7.49. The average Bonchev–Trinajstić information content (AvgIpc) is 2.98. The van der Waals surface area contributed by atoms with Crippen molar-refractivity contribution in [2.75, 3.05) is 20.6 Å². The lowest BCUT2D eigenvalue weighted by Gasteiger charge is -2.22. The summed E-state index contributed by atoms with van der Waals surface area (Å²) in [6.45, 7) is 2.95. The van der Waals surface area contributed by atoms with Crippen LogP contribution < -0.4 is 10.2 Å². The van der Waals surface area contributed by atoms with Crippen molar-refractivity contribution in [3.63, 3.8) is 0 Å². The van der Waals surface area contributed by atoms with Gasteiger partial charge in [-0.15, -0.1) is 11.3 Å². The van der Waals surface area contributed by atoms with Crippen molar-refractivity contribution in [1.82, 2.24) is 5.32 Å². The Balaban J connectivity index is 1.66. The Labute approximate surface area is 148 Å². The molecule has 2 atom stereocenters. The van der Waals surface area contributed by atoms with Crippen molar-refractivity contribution in [1.29, 1.82) is 0 Å². The maximum Gasteiger partial charge on any atom is 0.261 e. The summed E-state index contributed by atoms with van der Waals surface area (Å²) in [7, 11) is 4.27. The standard InChI is InChI=1S/C20H26N2OS/c1-14-9-10-18-16(11-14)12-19(24-18)20(23)21-13-17(22(2)3)15-7-5-4-6-8-15/h4-8,12,14,17H,9-11,13H2,1-3H3,(H,21,23)/p+1/t14-,17-/m1/s1. The zero-order valence-electron chi connectivity index (χ0n) is 14.8. The molecule has 0 aliphatic heterocycles. The van der Waals surface area contributed by atoms with Gasteiger partial charge in [0.25, 0.3) is 5.91 Å². The number of fused-ring (bicyclic) bond motifs is 1. The molecule has 1 heterocycles. The SMILES string of the molecule is C[C@@H]1CCc2sc(C(=O)NC[C@H](c3ccccc3)[NH+](C)C)cc2C1. The number of aryl methyl sites for hydroxylation is 1. The quantitative estimate of drug-likeness (QED) is 0.859. The number of quaternary nitrogens is 1. The fourth-order valence-corrected chi connectivity index (χ4v) is 4.57. The molecule has 128 valence electrons. The fraction of sp³-hybridized carbons (Fsp3) is 0.450. The third-order valence-electron chi connectivity index (χ3n) is 4.92. The van der Waals surface area contributed by atoms with E-state index >= 15 is 0 Å². The molecule has 2 aromatic rings. The molecule has 1 aromatic heterocycles. The largest absolute Gasteiger partial charge is 0.345 e. The van der Waals surface area contributed by atoms with Gasteiger partial charge in [0.15, 0.2) is 0 Å². The zero-order valence-corrected chi connectivity index (χ0v) is 15.6. The molecule has 1 aliphatic rings. The van der Waals surface area contributed by atoms with Gasteiger partial charge >= 0.3 is 0 Å². The lowest BCUT2D eigenvalue weighted by molar-refractivity contribution is -0.890. The topological polar surface area (TPSA) is 33.5 Å². The summed E-state index contributed by atoms with van der Waals surface area (Å²) in [6, 6.07) is 12.8. The molecule has 0 saturated carbocycles. The van der Waals surface area contributed by atoms with E-state index in [-0.39, 0.29) is 11.9 Å². The monoisotopic (exact) mass is 343 g/mol. The van der Waals surface area contributed by atoms with Crippen LogP contribution in [0, 0.1) is 5.92 Å². The first-order valence-corrected chi connectivity index (χ1v) is 9.61. The molecule has 0 fully saturated rings. The molecule has 1 amide bonds. The van der Waals surface area contributed by atoms with E-state index in [1.807, 2.05) is 6.07 Å². The third kappa shape index (κ3) is 3.87. The molecular formula is C20H27N2OS+. The van der Waals surface area contributed by atoms with Gasteiger partial charge in [-0.2, -0.15) is 0 Å². The van der Waals surface area contributed by atoms with Crippen molar-refractivity contribution >= 4 is 17.2 Å². The van der Waals surface area contributed by atoms with Gasteiger partial charge in [-0.3, -0.25) is 4.79 Å². The van der Waals surface area contributed by atoms with Crippen molar-refractivity contribution in [3.8, 4) is 0 Å². The maximum absolute atomic E-state index is 12.6. The molecule has 0 radical (unpaired) electrons. The van der Waals surface area contributed by atoms with E-state index in [9.17, 15) is 4.79 Å². The Kier molecular flexibility index (Phi) is 5.36. The molecule has 2 N–H and O–H groups in total. The van der Waals surface area contributed by atoms with Crippen molar-refractivity contribution in [2.24, 2.45) is 5.92 Å². The number of thiophene rings is 1. The minimum atomic E-state index is 0.0734. The van der Waals surface area contributed by atoms with Crippen LogP contribution >= 0.6 is 11.3 Å². The third-order valence-corrected chi connectivity index (χ3v) is 6.15. The van der Waals surface area contributed by atoms with Crippen molar-refractivity contribution < 1.29 is 9.69 Å². The van der Waals surface area contributed by atoms with Gasteiger partial charge in [-0.25, -0.2) is 0 Å². The molecule has 0 unspecified atom stereocenters. The van der Waals surface area contributed by atoms with Crippen LogP contribution in [0.1, 0.15) is 45.1 Å². The Hall–Kier alpha value is -1.65. The second-order valence-electron chi connectivity index (χ2n) is 7.16. The number of amides is 1. The molecule has 1 aliphatic carbocycles. The first-order valence-electron chi connectivity index (χ1n) is 8.79. The summed E-state index contributed by atoms with van der Waals surface area (Å²) < 4.78 is 0. The predicted molar refractivity (Wildman–Crippen MR) is 99.8 cm³/mol. The van der Waals surface area contributed by atoms with Gasteiger partial charge in [0.2, 0.25) is 0 Å². The normalized spacial score (nSPS) is 18.2. The van der Waals surface area contributed by atoms with Gasteiger partial charge < -0.3 is 10.2 Å². The minimum Gasteiger partial charge on any atom is -0.345 e. The number of carbonyl (C=O) groups excluding carboxylic acids is 1. The van der Waals surface area contributed by atoms with Crippen LogP contribution in [0.2, 0.25) is 0 Å². The Morgan fingerprint density at radius 2 is 2.08 bits per heavy atom. The smallest absolute Gasteiger partial charge is 0.261 e. The Morgan fingerprint density at radius 1 is 1.33 bits per heavy atom. The minimum absolute atomic E-state index is 0.0734. The molecule has 3 nitrogen and oxygen atoms in total. The summed E-state index contributed by atoms with van der Waals surface area (Å²) >= 11 is 1.68. The number of benzene rings is 1. The van der Waals surface area contributed by atoms with E-state index in [0.29, 0.717) is 6.54 Å². The lowest BCUT2D eigenvalue weighted by atomic mass is 9.90. The van der Waals surface area contributed by atoms with Crippen LogP contribution in [0.25, 0.3) is 0 Å². The summed E-state index contributed by atoms with van der Waals surface area (Å²) in [5, 5.41) is 3.15. The molecule has 4 heteroatoms. The lowest BCUT2D eigenvalue weighted by Crippen LogP contribution is -3.07. The highest BCUT2D eigenvalue weighted by Gasteiger charge is 2.22. The fourth-order valence-electron chi connectivity index (χ4n) is 3.44. The van der Waals surface area contributed by atoms with Gasteiger partial charge in [0, 0.05) is 10.4 Å². The van der Waals surface area contributed by atoms with Crippen molar-refractivity contribution in [3.05, 3.63) is 57.3 Å². The molecule has 0 saturated heterocycles. The van der Waals surface area contributed by atoms with Gasteiger partial charge in [-0.1, -0.05) is 37.3 Å². The summed E-state index contributed by atoms with van der Waals surface area (Å²) in [5.74, 6) is 0.812. The van der Waals surface area contributed by atoms with Crippen LogP contribution in [-0.4, -0.2) is 26.5 Å². The van der Waals surface area contributed by atoms with E-state index in [4.69, 9.17) is 0 Å². The molecule has 0 bridgehead atoms. The van der Waals surface area contributed by atoms with E-state index in [0.717, 1.165) is 23.6 Å². The molecule has 0 spiro atoms. The van der Waals surface area contributed by atoms with Crippen LogP contribution in [0.15, 0.2) is 36.4 Å². The average molecular weight is 344 g/mol. The molecule has 1 aromatic carbocycles. The van der Waals surface area contributed by atoms with E-state index < -0.39 is 0 Å².